The van der Waals surface area contributed by atoms with Crippen LogP contribution < -0.4 is 0 Å². The van der Waals surface area contributed by atoms with Gasteiger partial charge in [-0.05, 0) is 30.6 Å². The predicted octanol–water partition coefficient (Wildman–Crippen LogP) is 1.84. The summed E-state index contributed by atoms with van der Waals surface area (Å²) in [4.78, 5) is 0. The third-order valence-electron chi connectivity index (χ3n) is 5.58. The van der Waals surface area contributed by atoms with Gasteiger partial charge in [0.25, 0.3) is 0 Å². The Kier molecular flexibility index (Phi) is 1.33. The van der Waals surface area contributed by atoms with Crippen molar-refractivity contribution in [2.45, 2.75) is 37.9 Å². The molecule has 76 valence electrons. The lowest BCUT2D eigenvalue weighted by Crippen LogP contribution is -2.42. The molecule has 0 aromatic rings. The SMILES string of the molecule is C[C@@]12CC[C@@H]3C[C@]1(C#N)[S@@](=O)C[C@]32C. The third-order valence-corrected chi connectivity index (χ3v) is 7.93. The van der Waals surface area contributed by atoms with Gasteiger partial charge in [0.1, 0.15) is 4.75 Å². The fraction of sp³-hybridized carbons (Fsp3) is 0.909. The van der Waals surface area contributed by atoms with Crippen molar-refractivity contribution < 1.29 is 4.21 Å². The van der Waals surface area contributed by atoms with Crippen molar-refractivity contribution >= 4 is 10.8 Å². The predicted molar refractivity (Wildman–Crippen MR) is 54.9 cm³/mol. The van der Waals surface area contributed by atoms with E-state index in [1.807, 2.05) is 0 Å². The molecule has 0 aromatic carbocycles. The monoisotopic (exact) mass is 209 g/mol. The first-order valence-corrected chi connectivity index (χ1v) is 6.62. The van der Waals surface area contributed by atoms with E-state index in [-0.39, 0.29) is 10.8 Å². The van der Waals surface area contributed by atoms with E-state index in [9.17, 15) is 9.47 Å². The summed E-state index contributed by atoms with van der Waals surface area (Å²) in [6.07, 6.45) is 3.24. The molecule has 1 saturated heterocycles. The average Bonchev–Trinajstić information content (AvgIpc) is 2.56. The zero-order valence-corrected chi connectivity index (χ0v) is 9.49. The Balaban J connectivity index is 2.28. The topological polar surface area (TPSA) is 40.9 Å². The van der Waals surface area contributed by atoms with Crippen LogP contribution in [0.15, 0.2) is 0 Å². The Labute approximate surface area is 87.1 Å². The number of hydrogen-bond donors (Lipinski definition) is 0. The first kappa shape index (κ1) is 8.91. The molecule has 2 nitrogen and oxygen atoms in total. The molecule has 1 heterocycles. The van der Waals surface area contributed by atoms with Crippen molar-refractivity contribution in [1.29, 1.82) is 5.26 Å². The van der Waals surface area contributed by atoms with Crippen LogP contribution in [-0.2, 0) is 10.8 Å². The van der Waals surface area contributed by atoms with Crippen LogP contribution in [0, 0.1) is 28.1 Å². The molecule has 0 unspecified atom stereocenters. The van der Waals surface area contributed by atoms with Crippen LogP contribution >= 0.6 is 0 Å². The maximum absolute atomic E-state index is 12.1. The summed E-state index contributed by atoms with van der Waals surface area (Å²) in [6.45, 7) is 4.46. The molecule has 3 heteroatoms. The van der Waals surface area contributed by atoms with Crippen LogP contribution in [0.2, 0.25) is 0 Å². The lowest BCUT2D eigenvalue weighted by molar-refractivity contribution is 0.162. The van der Waals surface area contributed by atoms with Crippen LogP contribution in [0.5, 0.6) is 0 Å². The Hall–Kier alpha value is -0.360. The summed E-state index contributed by atoms with van der Waals surface area (Å²) in [7, 11) is -0.909. The molecular formula is C11H15NOS. The first-order valence-electron chi connectivity index (χ1n) is 5.30. The van der Waals surface area contributed by atoms with Crippen molar-refractivity contribution in [3.05, 3.63) is 0 Å². The minimum absolute atomic E-state index is 0.0320. The highest BCUT2D eigenvalue weighted by atomic mass is 32.2. The molecule has 0 N–H and O–H groups in total. The van der Waals surface area contributed by atoms with Crippen LogP contribution in [0.3, 0.4) is 0 Å². The molecule has 2 saturated carbocycles. The Morgan fingerprint density at radius 1 is 1.50 bits per heavy atom. The molecule has 3 aliphatic rings. The summed E-state index contributed by atoms with van der Waals surface area (Å²) in [5.41, 5.74) is 0.220. The van der Waals surface area contributed by atoms with E-state index in [1.54, 1.807) is 0 Å². The normalized spacial score (nSPS) is 64.4. The molecule has 0 amide bonds. The second kappa shape index (κ2) is 2.09. The van der Waals surface area contributed by atoms with E-state index in [4.69, 9.17) is 0 Å². The summed E-state index contributed by atoms with van der Waals surface area (Å²) >= 11 is 0. The van der Waals surface area contributed by atoms with Gasteiger partial charge in [0.15, 0.2) is 0 Å². The van der Waals surface area contributed by atoms with Gasteiger partial charge >= 0.3 is 0 Å². The fourth-order valence-corrected chi connectivity index (χ4v) is 6.99. The largest absolute Gasteiger partial charge is 0.258 e. The van der Waals surface area contributed by atoms with Crippen molar-refractivity contribution in [2.75, 3.05) is 5.75 Å². The molecule has 3 fully saturated rings. The molecule has 4 bridgehead atoms. The quantitative estimate of drug-likeness (QED) is 0.611. The van der Waals surface area contributed by atoms with Crippen LogP contribution in [-0.4, -0.2) is 14.7 Å². The van der Waals surface area contributed by atoms with Crippen molar-refractivity contribution in [1.82, 2.24) is 0 Å². The molecule has 1 aliphatic heterocycles. The number of nitrogens with zero attached hydrogens (tertiary/aromatic N) is 1. The third kappa shape index (κ3) is 0.557. The minimum Gasteiger partial charge on any atom is -0.258 e. The molecule has 14 heavy (non-hydrogen) atoms. The number of nitriles is 1. The van der Waals surface area contributed by atoms with Crippen LogP contribution in [0.1, 0.15) is 33.1 Å². The average molecular weight is 209 g/mol. The zero-order valence-electron chi connectivity index (χ0n) is 8.67. The maximum atomic E-state index is 12.1. The van der Waals surface area contributed by atoms with Gasteiger partial charge in [-0.2, -0.15) is 5.26 Å². The Morgan fingerprint density at radius 2 is 2.21 bits per heavy atom. The minimum atomic E-state index is -0.909. The molecule has 5 atom stereocenters. The van der Waals surface area contributed by atoms with Crippen molar-refractivity contribution in [2.24, 2.45) is 16.7 Å². The lowest BCUT2D eigenvalue weighted by Gasteiger charge is -2.36. The van der Waals surface area contributed by atoms with E-state index < -0.39 is 15.5 Å². The van der Waals surface area contributed by atoms with Gasteiger partial charge in [-0.25, -0.2) is 0 Å². The van der Waals surface area contributed by atoms with E-state index in [2.05, 4.69) is 19.9 Å². The highest BCUT2D eigenvalue weighted by molar-refractivity contribution is 7.87. The van der Waals surface area contributed by atoms with Crippen LogP contribution in [0.25, 0.3) is 0 Å². The maximum Gasteiger partial charge on any atom is 0.138 e. The highest BCUT2D eigenvalue weighted by Crippen LogP contribution is 2.75. The van der Waals surface area contributed by atoms with E-state index in [1.165, 1.54) is 6.42 Å². The van der Waals surface area contributed by atoms with Gasteiger partial charge in [0.05, 0.1) is 6.07 Å². The summed E-state index contributed by atoms with van der Waals surface area (Å²) in [6, 6.07) is 2.42. The van der Waals surface area contributed by atoms with Gasteiger partial charge in [0.2, 0.25) is 0 Å². The Morgan fingerprint density at radius 3 is 2.71 bits per heavy atom. The molecular weight excluding hydrogens is 194 g/mol. The molecule has 2 aliphatic carbocycles. The number of hydrogen-bond acceptors (Lipinski definition) is 2. The van der Waals surface area contributed by atoms with Crippen molar-refractivity contribution in [3.8, 4) is 6.07 Å². The Bertz CT molecular complexity index is 387. The van der Waals surface area contributed by atoms with E-state index >= 15 is 0 Å². The molecule has 3 rings (SSSR count). The molecule has 0 spiro atoms. The van der Waals surface area contributed by atoms with Gasteiger partial charge in [-0.15, -0.1) is 0 Å². The van der Waals surface area contributed by atoms with Crippen LogP contribution in [0.4, 0.5) is 0 Å². The van der Waals surface area contributed by atoms with E-state index in [0.717, 1.165) is 18.6 Å². The van der Waals surface area contributed by atoms with E-state index in [0.29, 0.717) is 5.92 Å². The summed E-state index contributed by atoms with van der Waals surface area (Å²) in [5.74, 6) is 1.42. The van der Waals surface area contributed by atoms with Crippen molar-refractivity contribution in [3.63, 3.8) is 0 Å². The summed E-state index contributed by atoms with van der Waals surface area (Å²) < 4.78 is 11.6. The molecule has 0 radical (unpaired) electrons. The van der Waals surface area contributed by atoms with Gasteiger partial charge in [-0.1, -0.05) is 13.8 Å². The zero-order chi connectivity index (χ0) is 10.2. The molecule has 0 aromatic heterocycles. The summed E-state index contributed by atoms with van der Waals surface area (Å²) in [5, 5.41) is 9.37. The number of rotatable bonds is 0. The highest BCUT2D eigenvalue weighted by Gasteiger charge is 2.78. The smallest absolute Gasteiger partial charge is 0.138 e. The first-order chi connectivity index (χ1) is 6.50. The van der Waals surface area contributed by atoms with Gasteiger partial charge in [-0.3, -0.25) is 4.21 Å². The second-order valence-corrected chi connectivity index (χ2v) is 7.29. The standard InChI is InChI=1S/C11H15NOS/c1-9-7-14(13)11(6-12)5-8(9)3-4-10(9,11)2/h8H,3-5,7H2,1-2H3/t8-,9-,10+,11-,14+/m1/s1. The second-order valence-electron chi connectivity index (χ2n) is 5.62. The lowest BCUT2D eigenvalue weighted by atomic mass is 9.67. The van der Waals surface area contributed by atoms with Gasteiger partial charge in [0, 0.05) is 22.0 Å². The fourth-order valence-electron chi connectivity index (χ4n) is 4.32. The van der Waals surface area contributed by atoms with Gasteiger partial charge < -0.3 is 0 Å².